The molecule has 54 heavy (non-hydrogen) atoms. The average Bonchev–Trinajstić information content (AvgIpc) is 3.92. The van der Waals surface area contributed by atoms with E-state index in [1.807, 2.05) is 35.4 Å². The van der Waals surface area contributed by atoms with Crippen molar-refractivity contribution in [1.29, 1.82) is 0 Å². The van der Waals surface area contributed by atoms with Crippen LogP contribution in [0.5, 0.6) is 0 Å². The lowest BCUT2D eigenvalue weighted by atomic mass is 9.81. The topological polar surface area (TPSA) is 149 Å². The summed E-state index contributed by atoms with van der Waals surface area (Å²) in [4.78, 5) is 53.2. The van der Waals surface area contributed by atoms with Crippen molar-refractivity contribution < 1.29 is 24.6 Å². The molecule has 2 aliphatic carbocycles. The number of amides is 2. The molecule has 3 N–H and O–H groups in total. The number of hydrogen-bond acceptors (Lipinski definition) is 8. The number of aliphatic hydroxyl groups excluding tert-OH is 1. The van der Waals surface area contributed by atoms with Crippen LogP contribution in [0, 0.1) is 10.8 Å². The average molecular weight is 776 g/mol. The van der Waals surface area contributed by atoms with Crippen LogP contribution in [0.3, 0.4) is 0 Å². The van der Waals surface area contributed by atoms with E-state index in [1.54, 1.807) is 30.3 Å². The lowest BCUT2D eigenvalue weighted by Gasteiger charge is -2.35. The van der Waals surface area contributed by atoms with Crippen molar-refractivity contribution in [3.05, 3.63) is 81.9 Å². The summed E-state index contributed by atoms with van der Waals surface area (Å²) >= 11 is 13.7. The number of aliphatic hydroxyl groups is 1. The van der Waals surface area contributed by atoms with Crippen molar-refractivity contribution in [1.82, 2.24) is 28.9 Å². The highest BCUT2D eigenvalue weighted by Gasteiger charge is 2.58. The van der Waals surface area contributed by atoms with Gasteiger partial charge in [0.15, 0.2) is 5.82 Å². The number of benzene rings is 2. The standard InChI is InChI=1S/C39H44Cl2N8O5/c1-45-30-9-15-47(17-18-50)20-28(30)42-33(45)35(51)44-27-8-4-7-26(32(27)40)24-5-3-6-25(19-24)49(41)36(52)34-43-29-21-48(16-10-31(29)46(34)2)23-38-11-13-39(22-38,14-12-38)37(53)54/h3-8,19,50H,9-18,20-23H2,1-2H3,(H,44,51)(H,53,54). The summed E-state index contributed by atoms with van der Waals surface area (Å²) in [7, 11) is 3.68. The molecule has 4 aromatic rings. The number of carboxylic acids is 1. The zero-order chi connectivity index (χ0) is 37.9. The van der Waals surface area contributed by atoms with E-state index in [0.29, 0.717) is 47.2 Å². The molecule has 284 valence electrons. The third kappa shape index (κ3) is 6.39. The van der Waals surface area contributed by atoms with Gasteiger partial charge in [0.2, 0.25) is 5.82 Å². The molecule has 2 aromatic carbocycles. The van der Waals surface area contributed by atoms with Crippen LogP contribution >= 0.6 is 23.4 Å². The number of nitrogens with one attached hydrogen (secondary N) is 1. The Bertz CT molecular complexity index is 2160. The van der Waals surface area contributed by atoms with Gasteiger partial charge in [0.05, 0.1) is 39.8 Å². The van der Waals surface area contributed by atoms with E-state index in [-0.39, 0.29) is 29.6 Å². The van der Waals surface area contributed by atoms with Gasteiger partial charge in [-0.1, -0.05) is 35.9 Å². The zero-order valence-electron chi connectivity index (χ0n) is 30.4. The van der Waals surface area contributed by atoms with Crippen LogP contribution in [-0.4, -0.2) is 89.7 Å². The van der Waals surface area contributed by atoms with Crippen molar-refractivity contribution in [2.45, 2.75) is 58.0 Å². The number of aromatic nitrogens is 4. The van der Waals surface area contributed by atoms with Crippen LogP contribution in [-0.2, 0) is 44.8 Å². The first-order valence-corrected chi connectivity index (χ1v) is 19.2. The third-order valence-electron chi connectivity index (χ3n) is 12.3. The number of anilines is 2. The highest BCUT2D eigenvalue weighted by molar-refractivity contribution is 6.39. The maximum atomic E-state index is 13.9. The van der Waals surface area contributed by atoms with Gasteiger partial charge in [-0.15, -0.1) is 0 Å². The van der Waals surface area contributed by atoms with E-state index < -0.39 is 17.3 Å². The molecule has 0 atom stereocenters. The first-order valence-electron chi connectivity index (χ1n) is 18.5. The molecule has 2 aliphatic heterocycles. The molecule has 8 rings (SSSR count). The molecule has 0 saturated heterocycles. The van der Waals surface area contributed by atoms with Gasteiger partial charge in [0, 0.05) is 94.9 Å². The molecule has 2 fully saturated rings. The van der Waals surface area contributed by atoms with E-state index >= 15 is 0 Å². The lowest BCUT2D eigenvalue weighted by Crippen LogP contribution is -2.39. The van der Waals surface area contributed by atoms with E-state index in [9.17, 15) is 24.6 Å². The summed E-state index contributed by atoms with van der Waals surface area (Å²) < 4.78 is 4.72. The molecule has 2 aromatic heterocycles. The predicted molar refractivity (Wildman–Crippen MR) is 205 cm³/mol. The summed E-state index contributed by atoms with van der Waals surface area (Å²) in [6, 6.07) is 12.5. The maximum Gasteiger partial charge on any atom is 0.309 e. The van der Waals surface area contributed by atoms with Gasteiger partial charge < -0.3 is 24.7 Å². The van der Waals surface area contributed by atoms with Crippen molar-refractivity contribution in [2.75, 3.05) is 42.5 Å². The number of halogens is 2. The second-order valence-electron chi connectivity index (χ2n) is 15.5. The second-order valence-corrected chi connectivity index (χ2v) is 16.2. The summed E-state index contributed by atoms with van der Waals surface area (Å²) in [5.74, 6) is -0.975. The molecule has 4 aliphatic rings. The van der Waals surface area contributed by atoms with Gasteiger partial charge in [-0.2, -0.15) is 0 Å². The first-order chi connectivity index (χ1) is 25.9. The van der Waals surface area contributed by atoms with E-state index in [0.717, 1.165) is 91.8 Å². The number of imidazole rings is 2. The van der Waals surface area contributed by atoms with Crippen molar-refractivity contribution in [3.8, 4) is 11.1 Å². The van der Waals surface area contributed by atoms with Crippen molar-refractivity contribution in [3.63, 3.8) is 0 Å². The van der Waals surface area contributed by atoms with Gasteiger partial charge in [0.1, 0.15) is 0 Å². The molecule has 0 unspecified atom stereocenters. The van der Waals surface area contributed by atoms with Gasteiger partial charge in [0.25, 0.3) is 5.91 Å². The first kappa shape index (κ1) is 36.7. The smallest absolute Gasteiger partial charge is 0.309 e. The molecule has 2 bridgehead atoms. The van der Waals surface area contributed by atoms with E-state index in [4.69, 9.17) is 28.4 Å². The molecular weight excluding hydrogens is 731 g/mol. The fourth-order valence-corrected chi connectivity index (χ4v) is 9.83. The highest BCUT2D eigenvalue weighted by atomic mass is 35.5. The molecule has 2 amide bonds. The van der Waals surface area contributed by atoms with Gasteiger partial charge in [-0.3, -0.25) is 24.2 Å². The Kier molecular flexibility index (Phi) is 9.58. The normalized spacial score (nSPS) is 22.2. The molecular formula is C39H44Cl2N8O5. The van der Waals surface area contributed by atoms with Gasteiger partial charge >= 0.3 is 11.9 Å². The largest absolute Gasteiger partial charge is 0.481 e. The molecule has 15 heteroatoms. The fourth-order valence-electron chi connectivity index (χ4n) is 9.36. The maximum absolute atomic E-state index is 13.9. The monoisotopic (exact) mass is 774 g/mol. The number of β-amino-alcohol motifs (C(OH)–C–C–N with tert-alkyl or cyclic N) is 1. The van der Waals surface area contributed by atoms with Crippen LogP contribution in [0.15, 0.2) is 42.5 Å². The quantitative estimate of drug-likeness (QED) is 0.183. The van der Waals surface area contributed by atoms with Crippen molar-refractivity contribution >= 4 is 52.5 Å². The fraction of sp³-hybridized carbons (Fsp3) is 0.462. The Morgan fingerprint density at radius 2 is 1.56 bits per heavy atom. The predicted octanol–water partition coefficient (Wildman–Crippen LogP) is 5.27. The van der Waals surface area contributed by atoms with Crippen LogP contribution in [0.4, 0.5) is 11.4 Å². The molecule has 0 radical (unpaired) electrons. The summed E-state index contributed by atoms with van der Waals surface area (Å²) in [5.41, 5.74) is 5.36. The Balaban J connectivity index is 0.962. The van der Waals surface area contributed by atoms with E-state index in [2.05, 4.69) is 20.1 Å². The number of hydrogen-bond donors (Lipinski definition) is 3. The second kappa shape index (κ2) is 14.1. The lowest BCUT2D eigenvalue weighted by molar-refractivity contribution is -0.148. The van der Waals surface area contributed by atoms with Crippen LogP contribution in [0.2, 0.25) is 5.02 Å². The minimum atomic E-state index is -0.653. The van der Waals surface area contributed by atoms with E-state index in [1.165, 1.54) is 0 Å². The number of aliphatic carboxylic acids is 1. The third-order valence-corrected chi connectivity index (χ3v) is 13.0. The Morgan fingerprint density at radius 3 is 2.24 bits per heavy atom. The van der Waals surface area contributed by atoms with Gasteiger partial charge in [-0.25, -0.2) is 14.4 Å². The Hall–Kier alpha value is -4.27. The highest BCUT2D eigenvalue weighted by Crippen LogP contribution is 2.62. The number of nitrogens with zero attached hydrogens (tertiary/aromatic N) is 7. The summed E-state index contributed by atoms with van der Waals surface area (Å²) in [6.45, 7) is 4.26. The number of rotatable bonds is 10. The number of fused-ring (bicyclic) bond motifs is 4. The Labute approximate surface area is 323 Å². The summed E-state index contributed by atoms with van der Waals surface area (Å²) in [5, 5.41) is 22.5. The molecule has 0 spiro atoms. The minimum Gasteiger partial charge on any atom is -0.481 e. The molecule has 4 heterocycles. The van der Waals surface area contributed by atoms with Gasteiger partial charge in [-0.05, 0) is 61.3 Å². The van der Waals surface area contributed by atoms with Crippen LogP contribution < -0.4 is 9.74 Å². The Morgan fingerprint density at radius 1 is 0.907 bits per heavy atom. The van der Waals surface area contributed by atoms with Crippen molar-refractivity contribution in [2.24, 2.45) is 24.9 Å². The number of carbonyl (C=O) groups excluding carboxylic acids is 2. The SMILES string of the molecule is Cn1c(C(=O)Nc2cccc(-c3cccc(N(Cl)C(=O)c4nc5c(n4C)CCN(CC46CCC(C(=O)O)(CC4)C6)C5)c3)c2Cl)nc2c1CCN(CCO)C2. The van der Waals surface area contributed by atoms with Crippen LogP contribution in [0.1, 0.15) is 76.1 Å². The number of carbonyl (C=O) groups is 3. The summed E-state index contributed by atoms with van der Waals surface area (Å²) in [6.07, 6.45) is 5.61. The zero-order valence-corrected chi connectivity index (χ0v) is 32.0. The van der Waals surface area contributed by atoms with Crippen LogP contribution in [0.25, 0.3) is 11.1 Å². The number of carboxylic acid groups (broad SMARTS) is 1. The minimum absolute atomic E-state index is 0.0398. The molecule has 13 nitrogen and oxygen atoms in total. The molecule has 2 saturated carbocycles.